The number of rotatable bonds is 2. The normalized spacial score (nSPS) is 9.54. The van der Waals surface area contributed by atoms with E-state index in [2.05, 4.69) is 47.4 Å². The summed E-state index contributed by atoms with van der Waals surface area (Å²) in [5, 5.41) is 0.858. The van der Waals surface area contributed by atoms with Gasteiger partial charge < -0.3 is 4.74 Å². The first-order valence-electron chi connectivity index (χ1n) is 10.7. The zero-order valence-electron chi connectivity index (χ0n) is 19.2. The molecule has 0 N–H and O–H groups in total. The average molecular weight is 567 g/mol. The molecule has 37 heavy (non-hydrogen) atoms. The van der Waals surface area contributed by atoms with Crippen LogP contribution in [0.2, 0.25) is 0 Å². The molecule has 0 aliphatic carbocycles. The third-order valence-electron chi connectivity index (χ3n) is 4.58. The van der Waals surface area contributed by atoms with Crippen LogP contribution in [0.25, 0.3) is 0 Å². The highest BCUT2D eigenvalue weighted by molar-refractivity contribution is 7.15. The minimum atomic E-state index is 0.683. The third-order valence-corrected chi connectivity index (χ3v) is 9.22. The quantitative estimate of drug-likeness (QED) is 0.164. The summed E-state index contributed by atoms with van der Waals surface area (Å²) < 4.78 is 5.21. The maximum Gasteiger partial charge on any atom is 0.174 e. The van der Waals surface area contributed by atoms with E-state index in [1.165, 1.54) is 22.7 Å². The Morgan fingerprint density at radius 3 is 1.14 bits per heavy atom. The van der Waals surface area contributed by atoms with Gasteiger partial charge in [0.15, 0.2) is 11.3 Å². The molecule has 5 heterocycles. The van der Waals surface area contributed by atoms with Crippen molar-refractivity contribution in [3.05, 3.63) is 105 Å². The molecule has 5 aromatic heterocycles. The average Bonchev–Trinajstić information content (AvgIpc) is 3.74. The topological polar surface area (TPSA) is 26.3 Å². The minimum absolute atomic E-state index is 0.683. The van der Waals surface area contributed by atoms with E-state index < -0.39 is 0 Å². The molecule has 0 atom stereocenters. The molecule has 0 saturated carbocycles. The van der Waals surface area contributed by atoms with E-state index in [0.29, 0.717) is 4.88 Å². The number of ether oxygens (including phenoxy) is 1. The Morgan fingerprint density at radius 1 is 0.486 bits per heavy atom. The number of carbonyl (C=O) groups excluding carboxylic acids is 1. The molecule has 0 radical (unpaired) electrons. The maximum absolute atomic E-state index is 10.8. The predicted octanol–water partition coefficient (Wildman–Crippen LogP) is 7.41. The molecule has 5 aromatic rings. The van der Waals surface area contributed by atoms with Crippen LogP contribution in [0.5, 0.6) is 5.06 Å². The fourth-order valence-electron chi connectivity index (χ4n) is 2.89. The second-order valence-electron chi connectivity index (χ2n) is 7.13. The van der Waals surface area contributed by atoms with Gasteiger partial charge in [0.1, 0.15) is 0 Å². The van der Waals surface area contributed by atoms with Crippen LogP contribution in [0, 0.1) is 47.4 Å². The molecule has 2 nitrogen and oxygen atoms in total. The number of aldehydes is 1. The molecular formula is C30H14O2S5. The molecule has 5 rings (SSSR count). The van der Waals surface area contributed by atoms with Crippen LogP contribution in [0.3, 0.4) is 0 Å². The van der Waals surface area contributed by atoms with Crippen LogP contribution in [0.1, 0.15) is 48.7 Å². The second-order valence-corrected chi connectivity index (χ2v) is 12.5. The standard InChI is InChI=1S/C30H14O2S5/c1-32-30-19-18-28(37-30)15-14-26-11-10-24(35-26)7-6-22-3-2-21(33-22)4-5-23-8-9-25(34-23)12-13-27-16-17-29(20-31)36-27/h2-3,8-11,16-20H,1H3. The Hall–Kier alpha value is -3.79. The fourth-order valence-corrected chi connectivity index (χ4v) is 6.38. The number of hydrogen-bond acceptors (Lipinski definition) is 7. The lowest BCUT2D eigenvalue weighted by molar-refractivity contribution is 0.112. The van der Waals surface area contributed by atoms with Crippen LogP contribution in [0.15, 0.2) is 60.7 Å². The van der Waals surface area contributed by atoms with Crippen molar-refractivity contribution >= 4 is 63.0 Å². The predicted molar refractivity (Wildman–Crippen MR) is 157 cm³/mol. The molecule has 0 spiro atoms. The van der Waals surface area contributed by atoms with Crippen LogP contribution >= 0.6 is 56.7 Å². The summed E-state index contributed by atoms with van der Waals surface area (Å²) >= 11 is 7.64. The van der Waals surface area contributed by atoms with Gasteiger partial charge in [0, 0.05) is 0 Å². The number of thiophene rings is 5. The summed E-state index contributed by atoms with van der Waals surface area (Å²) in [5.41, 5.74) is 0. The monoisotopic (exact) mass is 566 g/mol. The lowest BCUT2D eigenvalue weighted by atomic mass is 10.3. The van der Waals surface area contributed by atoms with Gasteiger partial charge in [-0.25, -0.2) is 0 Å². The van der Waals surface area contributed by atoms with E-state index in [9.17, 15) is 4.79 Å². The molecule has 0 fully saturated rings. The van der Waals surface area contributed by atoms with Crippen molar-refractivity contribution in [3.63, 3.8) is 0 Å². The van der Waals surface area contributed by atoms with Crippen LogP contribution in [-0.4, -0.2) is 13.4 Å². The van der Waals surface area contributed by atoms with Crippen molar-refractivity contribution in [1.29, 1.82) is 0 Å². The van der Waals surface area contributed by atoms with Gasteiger partial charge in [0.25, 0.3) is 0 Å². The van der Waals surface area contributed by atoms with E-state index in [4.69, 9.17) is 4.74 Å². The number of hydrogen-bond donors (Lipinski definition) is 0. The van der Waals surface area contributed by atoms with Crippen LogP contribution in [-0.2, 0) is 0 Å². The van der Waals surface area contributed by atoms with Crippen molar-refractivity contribution in [2.75, 3.05) is 7.11 Å². The SMILES string of the molecule is COc1ccc(C#Cc2ccc(C#Cc3ccc(C#Cc4ccc(C#Cc5ccc(C=O)s5)s4)s3)s2)s1. The van der Waals surface area contributed by atoms with Crippen molar-refractivity contribution in [2.45, 2.75) is 0 Å². The zero-order valence-corrected chi connectivity index (χ0v) is 23.3. The third kappa shape index (κ3) is 6.91. The van der Waals surface area contributed by atoms with Gasteiger partial charge in [-0.15, -0.1) is 45.3 Å². The van der Waals surface area contributed by atoms with Gasteiger partial charge in [0.2, 0.25) is 0 Å². The minimum Gasteiger partial charge on any atom is -0.487 e. The van der Waals surface area contributed by atoms with Crippen LogP contribution < -0.4 is 4.74 Å². The molecule has 0 aromatic carbocycles. The Morgan fingerprint density at radius 2 is 0.811 bits per heavy atom. The maximum atomic E-state index is 10.8. The molecule has 0 aliphatic heterocycles. The van der Waals surface area contributed by atoms with Gasteiger partial charge >= 0.3 is 0 Å². The fraction of sp³-hybridized carbons (Fsp3) is 0.0333. The first-order valence-corrected chi connectivity index (χ1v) is 14.8. The van der Waals surface area contributed by atoms with Gasteiger partial charge in [0.05, 0.1) is 51.0 Å². The first-order chi connectivity index (χ1) is 18.2. The molecule has 7 heteroatoms. The summed E-state index contributed by atoms with van der Waals surface area (Å²) in [6.07, 6.45) is 0.843. The highest BCUT2D eigenvalue weighted by Gasteiger charge is 2.00. The van der Waals surface area contributed by atoms with E-state index in [-0.39, 0.29) is 0 Å². The van der Waals surface area contributed by atoms with Crippen molar-refractivity contribution in [2.24, 2.45) is 0 Å². The molecule has 0 amide bonds. The van der Waals surface area contributed by atoms with E-state index in [1.807, 2.05) is 54.6 Å². The molecular weight excluding hydrogens is 553 g/mol. The summed E-state index contributed by atoms with van der Waals surface area (Å²) in [4.78, 5) is 19.1. The summed E-state index contributed by atoms with van der Waals surface area (Å²) in [6, 6.07) is 19.5. The van der Waals surface area contributed by atoms with Crippen molar-refractivity contribution in [3.8, 4) is 52.4 Å². The van der Waals surface area contributed by atoms with E-state index >= 15 is 0 Å². The lowest BCUT2D eigenvalue weighted by Gasteiger charge is -1.87. The summed E-state index contributed by atoms with van der Waals surface area (Å²) in [6.45, 7) is 0. The Bertz CT molecular complexity index is 1820. The van der Waals surface area contributed by atoms with Crippen molar-refractivity contribution in [1.82, 2.24) is 0 Å². The molecule has 176 valence electrons. The largest absolute Gasteiger partial charge is 0.487 e. The number of carbonyl (C=O) groups is 1. The van der Waals surface area contributed by atoms with Crippen LogP contribution in [0.4, 0.5) is 0 Å². The Kier molecular flexibility index (Phi) is 8.05. The van der Waals surface area contributed by atoms with Crippen molar-refractivity contribution < 1.29 is 9.53 Å². The smallest absolute Gasteiger partial charge is 0.174 e. The summed E-state index contributed by atoms with van der Waals surface area (Å²) in [7, 11) is 1.66. The zero-order chi connectivity index (χ0) is 25.5. The lowest BCUT2D eigenvalue weighted by Crippen LogP contribution is -1.73. The molecule has 0 bridgehead atoms. The Balaban J connectivity index is 1.21. The Labute approximate surface area is 235 Å². The molecule has 0 saturated heterocycles. The summed E-state index contributed by atoms with van der Waals surface area (Å²) in [5.74, 6) is 25.5. The van der Waals surface area contributed by atoms with E-state index in [1.54, 1.807) is 47.2 Å². The molecule has 0 aliphatic rings. The van der Waals surface area contributed by atoms with Gasteiger partial charge in [-0.3, -0.25) is 4.79 Å². The van der Waals surface area contributed by atoms with E-state index in [0.717, 1.165) is 50.4 Å². The molecule has 0 unspecified atom stereocenters. The van der Waals surface area contributed by atoms with Gasteiger partial charge in [-0.1, -0.05) is 11.3 Å². The van der Waals surface area contributed by atoms with Gasteiger partial charge in [-0.05, 0) is 108 Å². The number of methoxy groups -OCH3 is 1. The second kappa shape index (κ2) is 12.0. The first kappa shape index (κ1) is 24.9. The van der Waals surface area contributed by atoms with Gasteiger partial charge in [-0.2, -0.15) is 0 Å². The highest BCUT2D eigenvalue weighted by Crippen LogP contribution is 2.23. The highest BCUT2D eigenvalue weighted by atomic mass is 32.1.